The van der Waals surface area contributed by atoms with Gasteiger partial charge in [-0.05, 0) is 55.8 Å². The molecule has 1 atom stereocenters. The van der Waals surface area contributed by atoms with Gasteiger partial charge in [0.2, 0.25) is 0 Å². The summed E-state index contributed by atoms with van der Waals surface area (Å²) in [6.07, 6.45) is 5.18. The highest BCUT2D eigenvalue weighted by Crippen LogP contribution is 2.48. The van der Waals surface area contributed by atoms with Crippen LogP contribution in [0.25, 0.3) is 0 Å². The monoisotopic (exact) mass is 357 g/mol. The van der Waals surface area contributed by atoms with Crippen molar-refractivity contribution in [2.75, 3.05) is 0 Å². The van der Waals surface area contributed by atoms with Crippen molar-refractivity contribution in [2.24, 2.45) is 27.6 Å². The van der Waals surface area contributed by atoms with Gasteiger partial charge in [-0.3, -0.25) is 0 Å². The van der Waals surface area contributed by atoms with Crippen molar-refractivity contribution in [1.82, 2.24) is 0 Å². The van der Waals surface area contributed by atoms with Gasteiger partial charge in [-0.25, -0.2) is 0 Å². The van der Waals surface area contributed by atoms with E-state index in [4.69, 9.17) is 13.5 Å². The normalized spacial score (nSPS) is 24.6. The number of hydrogen-bond donors (Lipinski definition) is 0. The van der Waals surface area contributed by atoms with Gasteiger partial charge in [0.15, 0.2) is 0 Å². The minimum absolute atomic E-state index is 0.153. The highest BCUT2D eigenvalue weighted by molar-refractivity contribution is 4.88. The Balaban J connectivity index is 0. The van der Waals surface area contributed by atoms with Gasteiger partial charge in [0.05, 0.1) is 6.07 Å². The molecule has 1 fully saturated rings. The van der Waals surface area contributed by atoms with E-state index in [-0.39, 0.29) is 5.41 Å². The van der Waals surface area contributed by atoms with E-state index in [1.165, 1.54) is 32.1 Å². The number of nitriles is 1. The van der Waals surface area contributed by atoms with Gasteiger partial charge in [-0.15, -0.1) is 0 Å². The van der Waals surface area contributed by atoms with Crippen LogP contribution >= 0.6 is 0 Å². The SMILES string of the molecule is CC(C)(C)C#N.CC(C)(C)C1(C)CCCCC1.[2H]C([2H])([2H])C([2H])(C([2H])([2H])C)C(C)(C)C. The van der Waals surface area contributed by atoms with Gasteiger partial charge < -0.3 is 0 Å². The number of rotatable bonds is 1. The van der Waals surface area contributed by atoms with Crippen LogP contribution in [0.4, 0.5) is 0 Å². The molecule has 0 aromatic carbocycles. The fourth-order valence-electron chi connectivity index (χ4n) is 2.46. The van der Waals surface area contributed by atoms with Crippen LogP contribution in [0.1, 0.15) is 130 Å². The molecule has 1 unspecified atom stereocenters. The maximum atomic E-state index is 8.15. The minimum atomic E-state index is -2.64. The topological polar surface area (TPSA) is 23.8 Å². The molecule has 25 heavy (non-hydrogen) atoms. The van der Waals surface area contributed by atoms with E-state index in [2.05, 4.69) is 33.8 Å². The Morgan fingerprint density at radius 3 is 1.56 bits per heavy atom. The van der Waals surface area contributed by atoms with Gasteiger partial charge in [0, 0.05) is 13.6 Å². The largest absolute Gasteiger partial charge is 0.198 e. The van der Waals surface area contributed by atoms with Crippen molar-refractivity contribution in [3.63, 3.8) is 0 Å². The molecule has 1 saturated carbocycles. The zero-order chi connectivity index (χ0) is 25.7. The van der Waals surface area contributed by atoms with Crippen molar-refractivity contribution in [3.05, 3.63) is 0 Å². The Labute approximate surface area is 169 Å². The van der Waals surface area contributed by atoms with Crippen molar-refractivity contribution in [1.29, 1.82) is 5.26 Å². The van der Waals surface area contributed by atoms with Crippen LogP contribution in [-0.4, -0.2) is 0 Å². The predicted molar refractivity (Wildman–Crippen MR) is 115 cm³/mol. The summed E-state index contributed by atoms with van der Waals surface area (Å²) in [6.45, 7) is 18.5. The molecule has 0 bridgehead atoms. The van der Waals surface area contributed by atoms with Gasteiger partial charge in [-0.1, -0.05) is 87.9 Å². The van der Waals surface area contributed by atoms with Crippen molar-refractivity contribution in [3.8, 4) is 6.07 Å². The van der Waals surface area contributed by atoms with Crippen LogP contribution in [0.15, 0.2) is 0 Å². The average Bonchev–Trinajstić information content (AvgIpc) is 2.51. The average molecular weight is 358 g/mol. The highest BCUT2D eigenvalue weighted by Gasteiger charge is 2.37. The molecule has 0 aliphatic heterocycles. The van der Waals surface area contributed by atoms with E-state index < -0.39 is 24.5 Å². The van der Waals surface area contributed by atoms with Gasteiger partial charge in [0.25, 0.3) is 0 Å². The number of nitrogens with zero attached hydrogens (tertiary/aromatic N) is 1. The van der Waals surface area contributed by atoms with Crippen molar-refractivity contribution in [2.45, 2.75) is 121 Å². The van der Waals surface area contributed by atoms with Crippen LogP contribution in [0.3, 0.4) is 0 Å². The second-order valence-electron chi connectivity index (χ2n) is 10.6. The van der Waals surface area contributed by atoms with Crippen LogP contribution in [0.2, 0.25) is 0 Å². The molecule has 0 aromatic heterocycles. The lowest BCUT2D eigenvalue weighted by atomic mass is 9.61. The molecule has 1 aliphatic rings. The minimum Gasteiger partial charge on any atom is -0.198 e. The lowest BCUT2D eigenvalue weighted by molar-refractivity contribution is 0.0601. The zero-order valence-electron chi connectivity index (χ0n) is 25.0. The first-order valence-corrected chi connectivity index (χ1v) is 9.68. The van der Waals surface area contributed by atoms with Gasteiger partial charge in [-0.2, -0.15) is 5.26 Å². The Hall–Kier alpha value is -0.510. The van der Waals surface area contributed by atoms with E-state index in [0.29, 0.717) is 10.8 Å². The van der Waals surface area contributed by atoms with Crippen LogP contribution < -0.4 is 0 Å². The third kappa shape index (κ3) is 12.5. The summed E-state index contributed by atoms with van der Waals surface area (Å²) >= 11 is 0. The molecule has 0 radical (unpaired) electrons. The summed E-state index contributed by atoms with van der Waals surface area (Å²) in [5.74, 6) is -2.10. The molecule has 0 aromatic rings. The lowest BCUT2D eigenvalue weighted by Gasteiger charge is -2.45. The second kappa shape index (κ2) is 10.6. The van der Waals surface area contributed by atoms with E-state index >= 15 is 0 Å². The van der Waals surface area contributed by atoms with Crippen LogP contribution in [-0.2, 0) is 0 Å². The first-order chi connectivity index (χ1) is 13.3. The van der Waals surface area contributed by atoms with Crippen LogP contribution in [0, 0.1) is 38.9 Å². The summed E-state index contributed by atoms with van der Waals surface area (Å²) in [7, 11) is 0. The molecular weight excluding hydrogens is 302 g/mol. The molecular formula is C24H49N. The molecule has 0 N–H and O–H groups in total. The second-order valence-corrected chi connectivity index (χ2v) is 10.6. The summed E-state index contributed by atoms with van der Waals surface area (Å²) in [5, 5.41) is 8.15. The van der Waals surface area contributed by atoms with E-state index in [0.717, 1.165) is 6.92 Å². The van der Waals surface area contributed by atoms with Crippen LogP contribution in [0.5, 0.6) is 0 Å². The lowest BCUT2D eigenvalue weighted by Crippen LogP contribution is -2.34. The maximum absolute atomic E-state index is 8.15. The van der Waals surface area contributed by atoms with E-state index in [1.807, 2.05) is 20.8 Å². The Morgan fingerprint density at radius 1 is 1.04 bits per heavy atom. The fourth-order valence-corrected chi connectivity index (χ4v) is 2.46. The zero-order valence-corrected chi connectivity index (χ0v) is 19.0. The summed E-state index contributed by atoms with van der Waals surface area (Å²) < 4.78 is 44.9. The Morgan fingerprint density at radius 2 is 1.44 bits per heavy atom. The molecule has 1 nitrogen and oxygen atoms in total. The Bertz CT molecular complexity index is 532. The fraction of sp³-hybridized carbons (Fsp3) is 0.958. The summed E-state index contributed by atoms with van der Waals surface area (Å²) in [6, 6.07) is 2.10. The molecule has 1 heteroatoms. The Kier molecular flexibility index (Phi) is 7.05. The first kappa shape index (κ1) is 16.6. The smallest absolute Gasteiger partial charge is 0.0680 e. The molecule has 0 saturated heterocycles. The highest BCUT2D eigenvalue weighted by atomic mass is 14.4. The first-order valence-electron chi connectivity index (χ1n) is 12.7. The quantitative estimate of drug-likeness (QED) is 0.460. The molecule has 1 aliphatic carbocycles. The predicted octanol–water partition coefficient (Wildman–Crippen LogP) is 8.64. The number of hydrogen-bond acceptors (Lipinski definition) is 1. The molecule has 1 rings (SSSR count). The summed E-state index contributed by atoms with van der Waals surface area (Å²) in [4.78, 5) is 0. The maximum Gasteiger partial charge on any atom is 0.0680 e. The van der Waals surface area contributed by atoms with E-state index in [1.54, 1.807) is 20.8 Å². The standard InChI is InChI=1S/C11H22.C8H18.C5H9N/c1-10(2,3)11(4)8-6-5-7-9-11;1-6-7(2)8(3,4)5;1-5(2,3)4-6/h5-9H2,1-4H3;7H,6H2,1-5H3;1-3H3/i;2D3,6D2,7D;. The molecule has 0 spiro atoms. The van der Waals surface area contributed by atoms with Gasteiger partial charge >= 0.3 is 0 Å². The summed E-state index contributed by atoms with van der Waals surface area (Å²) in [5.41, 5.74) is 0.0230. The van der Waals surface area contributed by atoms with Crippen molar-refractivity contribution >= 4 is 0 Å². The van der Waals surface area contributed by atoms with E-state index in [9.17, 15) is 0 Å². The molecule has 150 valence electrons. The van der Waals surface area contributed by atoms with Crippen molar-refractivity contribution < 1.29 is 8.22 Å². The third-order valence-electron chi connectivity index (χ3n) is 5.10. The molecule has 0 amide bonds. The third-order valence-corrected chi connectivity index (χ3v) is 5.10. The van der Waals surface area contributed by atoms with Gasteiger partial charge in [0.1, 0.15) is 0 Å². The molecule has 0 heterocycles.